The zero-order valence-corrected chi connectivity index (χ0v) is 15.9. The van der Waals surface area contributed by atoms with E-state index in [4.69, 9.17) is 16.3 Å². The summed E-state index contributed by atoms with van der Waals surface area (Å²) in [6.07, 6.45) is 0. The molecule has 0 aliphatic heterocycles. The summed E-state index contributed by atoms with van der Waals surface area (Å²) in [7, 11) is 0. The van der Waals surface area contributed by atoms with Crippen LogP contribution in [0.4, 0.5) is 11.5 Å². The van der Waals surface area contributed by atoms with E-state index in [1.54, 1.807) is 11.3 Å². The molecule has 130 valence electrons. The molecule has 0 radical (unpaired) electrons. The predicted octanol–water partition coefficient (Wildman–Crippen LogP) is 6.50. The molecule has 0 unspecified atom stereocenters. The molecule has 4 nitrogen and oxygen atoms in total. The van der Waals surface area contributed by atoms with Crippen molar-refractivity contribution in [3.63, 3.8) is 0 Å². The van der Waals surface area contributed by atoms with Crippen molar-refractivity contribution >= 4 is 44.7 Å². The minimum Gasteiger partial charge on any atom is -0.457 e. The Kier molecular flexibility index (Phi) is 4.49. The van der Waals surface area contributed by atoms with Gasteiger partial charge in [-0.1, -0.05) is 18.2 Å². The van der Waals surface area contributed by atoms with Crippen LogP contribution in [-0.2, 0) is 0 Å². The Morgan fingerprint density at radius 1 is 0.923 bits per heavy atom. The maximum Gasteiger partial charge on any atom is 0.225 e. The Morgan fingerprint density at radius 3 is 2.35 bits per heavy atom. The van der Waals surface area contributed by atoms with Crippen molar-refractivity contribution in [2.45, 2.75) is 13.8 Å². The Hall–Kier alpha value is -2.63. The summed E-state index contributed by atoms with van der Waals surface area (Å²) >= 11 is 7.72. The number of benzene rings is 2. The van der Waals surface area contributed by atoms with E-state index in [0.29, 0.717) is 0 Å². The number of ether oxygens (including phenoxy) is 1. The number of anilines is 2. The summed E-state index contributed by atoms with van der Waals surface area (Å²) in [6, 6.07) is 17.4. The molecule has 2 aromatic heterocycles. The molecule has 26 heavy (non-hydrogen) atoms. The number of fused-ring (bicyclic) bond motifs is 1. The first-order valence-corrected chi connectivity index (χ1v) is 9.33. The van der Waals surface area contributed by atoms with Crippen LogP contribution in [0.25, 0.3) is 10.2 Å². The SMILES string of the molecule is Cc1sc2nc(Cl)nc(Nc3ccc(Oc4ccccc4)cc3)c2c1C. The quantitative estimate of drug-likeness (QED) is 0.410. The number of nitrogens with zero attached hydrogens (tertiary/aromatic N) is 2. The molecule has 1 N–H and O–H groups in total. The molecule has 0 bridgehead atoms. The van der Waals surface area contributed by atoms with Crippen LogP contribution in [0.3, 0.4) is 0 Å². The highest BCUT2D eigenvalue weighted by molar-refractivity contribution is 7.18. The first-order valence-electron chi connectivity index (χ1n) is 8.13. The van der Waals surface area contributed by atoms with E-state index < -0.39 is 0 Å². The largest absolute Gasteiger partial charge is 0.457 e. The summed E-state index contributed by atoms with van der Waals surface area (Å²) in [5, 5.41) is 4.60. The van der Waals surface area contributed by atoms with Crippen LogP contribution in [-0.4, -0.2) is 9.97 Å². The Bertz CT molecular complexity index is 1060. The van der Waals surface area contributed by atoms with Crippen molar-refractivity contribution in [3.05, 3.63) is 70.3 Å². The lowest BCUT2D eigenvalue weighted by Crippen LogP contribution is -1.97. The molecule has 0 saturated heterocycles. The van der Waals surface area contributed by atoms with Crippen LogP contribution >= 0.6 is 22.9 Å². The molecule has 2 heterocycles. The van der Waals surface area contributed by atoms with Crippen LogP contribution in [0.2, 0.25) is 5.28 Å². The minimum absolute atomic E-state index is 0.241. The van der Waals surface area contributed by atoms with E-state index in [0.717, 1.165) is 33.2 Å². The molecule has 0 aliphatic carbocycles. The molecule has 0 saturated carbocycles. The number of aryl methyl sites for hydroxylation is 2. The minimum atomic E-state index is 0.241. The number of rotatable bonds is 4. The predicted molar refractivity (Wildman–Crippen MR) is 108 cm³/mol. The molecular weight excluding hydrogens is 366 g/mol. The summed E-state index contributed by atoms with van der Waals surface area (Å²) in [6.45, 7) is 4.16. The number of halogens is 1. The number of aromatic nitrogens is 2. The summed E-state index contributed by atoms with van der Waals surface area (Å²) in [5.74, 6) is 2.30. The highest BCUT2D eigenvalue weighted by Gasteiger charge is 2.14. The standard InChI is InChI=1S/C20H16ClN3OS/c1-12-13(2)26-19-17(12)18(23-20(21)24-19)22-14-8-10-16(11-9-14)25-15-6-4-3-5-7-15/h3-11H,1-2H3,(H,22,23,24). The van der Waals surface area contributed by atoms with Crippen molar-refractivity contribution in [3.8, 4) is 11.5 Å². The molecule has 2 aromatic carbocycles. The Morgan fingerprint density at radius 2 is 1.62 bits per heavy atom. The second-order valence-electron chi connectivity index (χ2n) is 5.87. The van der Waals surface area contributed by atoms with Gasteiger partial charge in [-0.05, 0) is 67.4 Å². The van der Waals surface area contributed by atoms with Gasteiger partial charge in [0.05, 0.1) is 5.39 Å². The first kappa shape index (κ1) is 16.8. The Balaban J connectivity index is 1.61. The zero-order valence-electron chi connectivity index (χ0n) is 14.3. The van der Waals surface area contributed by atoms with Gasteiger partial charge < -0.3 is 10.1 Å². The number of para-hydroxylation sites is 1. The molecule has 0 spiro atoms. The van der Waals surface area contributed by atoms with E-state index in [2.05, 4.69) is 29.1 Å². The van der Waals surface area contributed by atoms with Crippen molar-refractivity contribution in [2.75, 3.05) is 5.32 Å². The van der Waals surface area contributed by atoms with E-state index in [1.165, 1.54) is 10.4 Å². The van der Waals surface area contributed by atoms with E-state index in [1.807, 2.05) is 54.6 Å². The van der Waals surface area contributed by atoms with Gasteiger partial charge >= 0.3 is 0 Å². The smallest absolute Gasteiger partial charge is 0.225 e. The van der Waals surface area contributed by atoms with E-state index in [9.17, 15) is 0 Å². The van der Waals surface area contributed by atoms with Gasteiger partial charge in [-0.3, -0.25) is 0 Å². The average Bonchev–Trinajstić information content (AvgIpc) is 2.91. The number of hydrogen-bond donors (Lipinski definition) is 1. The maximum atomic E-state index is 6.09. The topological polar surface area (TPSA) is 47.0 Å². The number of thiophene rings is 1. The Labute approximate surface area is 160 Å². The lowest BCUT2D eigenvalue weighted by molar-refractivity contribution is 0.483. The van der Waals surface area contributed by atoms with Gasteiger partial charge in [-0.25, -0.2) is 4.98 Å². The fourth-order valence-corrected chi connectivity index (χ4v) is 3.93. The highest BCUT2D eigenvalue weighted by atomic mass is 35.5. The number of hydrogen-bond acceptors (Lipinski definition) is 5. The lowest BCUT2D eigenvalue weighted by atomic mass is 10.2. The molecular formula is C20H16ClN3OS. The van der Waals surface area contributed by atoms with Crippen LogP contribution in [0.5, 0.6) is 11.5 Å². The fourth-order valence-electron chi connectivity index (χ4n) is 2.68. The first-order chi connectivity index (χ1) is 12.6. The molecule has 6 heteroatoms. The summed E-state index contributed by atoms with van der Waals surface area (Å²) in [5.41, 5.74) is 2.08. The third-order valence-corrected chi connectivity index (χ3v) is 5.37. The molecule has 4 aromatic rings. The van der Waals surface area contributed by atoms with Crippen molar-refractivity contribution < 1.29 is 4.74 Å². The van der Waals surface area contributed by atoms with Gasteiger partial charge in [0, 0.05) is 10.6 Å². The van der Waals surface area contributed by atoms with Crippen LogP contribution in [0, 0.1) is 13.8 Å². The van der Waals surface area contributed by atoms with E-state index >= 15 is 0 Å². The maximum absolute atomic E-state index is 6.09. The molecule has 0 fully saturated rings. The monoisotopic (exact) mass is 381 g/mol. The second-order valence-corrected chi connectivity index (χ2v) is 7.41. The molecule has 0 atom stereocenters. The van der Waals surface area contributed by atoms with Gasteiger partial charge in [0.2, 0.25) is 5.28 Å². The zero-order chi connectivity index (χ0) is 18.1. The van der Waals surface area contributed by atoms with Crippen molar-refractivity contribution in [2.24, 2.45) is 0 Å². The lowest BCUT2D eigenvalue weighted by Gasteiger charge is -2.10. The van der Waals surface area contributed by atoms with Crippen molar-refractivity contribution in [1.29, 1.82) is 0 Å². The molecule has 0 aliphatic rings. The van der Waals surface area contributed by atoms with Crippen LogP contribution in [0.15, 0.2) is 54.6 Å². The van der Waals surface area contributed by atoms with E-state index in [-0.39, 0.29) is 5.28 Å². The third-order valence-electron chi connectivity index (χ3n) is 4.10. The van der Waals surface area contributed by atoms with Gasteiger partial charge in [0.25, 0.3) is 0 Å². The third kappa shape index (κ3) is 3.36. The highest BCUT2D eigenvalue weighted by Crippen LogP contribution is 2.35. The van der Waals surface area contributed by atoms with Gasteiger partial charge in [0.1, 0.15) is 22.1 Å². The van der Waals surface area contributed by atoms with Gasteiger partial charge in [-0.15, -0.1) is 11.3 Å². The summed E-state index contributed by atoms with van der Waals surface area (Å²) in [4.78, 5) is 10.8. The summed E-state index contributed by atoms with van der Waals surface area (Å²) < 4.78 is 5.82. The van der Waals surface area contributed by atoms with Crippen molar-refractivity contribution in [1.82, 2.24) is 9.97 Å². The van der Waals surface area contributed by atoms with Gasteiger partial charge in [0.15, 0.2) is 0 Å². The average molecular weight is 382 g/mol. The van der Waals surface area contributed by atoms with Crippen LogP contribution in [0.1, 0.15) is 10.4 Å². The molecule has 0 amide bonds. The van der Waals surface area contributed by atoms with Crippen LogP contribution < -0.4 is 10.1 Å². The second kappa shape index (κ2) is 6.94. The normalized spacial score (nSPS) is 10.9. The number of nitrogens with one attached hydrogen (secondary N) is 1. The fraction of sp³-hybridized carbons (Fsp3) is 0.100. The van der Waals surface area contributed by atoms with Gasteiger partial charge in [-0.2, -0.15) is 4.98 Å². The molecule has 4 rings (SSSR count).